The lowest BCUT2D eigenvalue weighted by Crippen LogP contribution is -2.37. The van der Waals surface area contributed by atoms with Crippen LogP contribution in [0.4, 0.5) is 0 Å². The van der Waals surface area contributed by atoms with Crippen LogP contribution in [0.5, 0.6) is 0 Å². The lowest BCUT2D eigenvalue weighted by molar-refractivity contribution is 0.0523. The van der Waals surface area contributed by atoms with Gasteiger partial charge in [0, 0.05) is 6.04 Å². The summed E-state index contributed by atoms with van der Waals surface area (Å²) in [6.45, 7) is 7.52. The minimum Gasteiger partial charge on any atom is -0.462 e. The highest BCUT2D eigenvalue weighted by molar-refractivity contribution is 6.33. The lowest BCUT2D eigenvalue weighted by atomic mass is 10.1. The number of aromatic nitrogens is 3. The molecule has 162 valence electrons. The van der Waals surface area contributed by atoms with Gasteiger partial charge in [0.05, 0.1) is 35.0 Å². The first kappa shape index (κ1) is 22.4. The summed E-state index contributed by atoms with van der Waals surface area (Å²) in [6, 6.07) is 10.1. The molecule has 0 saturated heterocycles. The Morgan fingerprint density at radius 1 is 1.16 bits per heavy atom. The van der Waals surface area contributed by atoms with Crippen LogP contribution in [-0.4, -0.2) is 44.6 Å². The summed E-state index contributed by atoms with van der Waals surface area (Å²) in [4.78, 5) is 31.0. The Morgan fingerprint density at radius 2 is 1.90 bits per heavy atom. The van der Waals surface area contributed by atoms with E-state index in [1.54, 1.807) is 36.9 Å². The van der Waals surface area contributed by atoms with Crippen LogP contribution in [0.15, 0.2) is 40.8 Å². The molecule has 0 spiro atoms. The molecule has 3 rings (SSSR count). The van der Waals surface area contributed by atoms with E-state index in [0.717, 1.165) is 0 Å². The lowest BCUT2D eigenvalue weighted by Gasteiger charge is -2.25. The molecule has 0 aliphatic carbocycles. The van der Waals surface area contributed by atoms with Crippen LogP contribution in [0.1, 0.15) is 53.2 Å². The third-order valence-electron chi connectivity index (χ3n) is 4.56. The Hall–Kier alpha value is -3.26. The summed E-state index contributed by atoms with van der Waals surface area (Å²) in [6.07, 6.45) is 0. The highest BCUT2D eigenvalue weighted by Gasteiger charge is 2.24. The number of amides is 1. The summed E-state index contributed by atoms with van der Waals surface area (Å²) in [5.74, 6) is -0.225. The molecule has 8 nitrogen and oxygen atoms in total. The van der Waals surface area contributed by atoms with Gasteiger partial charge in [0.15, 0.2) is 0 Å². The number of hydrogen-bond donors (Lipinski definition) is 0. The molecule has 2 aromatic heterocycles. The molecule has 0 unspecified atom stereocenters. The highest BCUT2D eigenvalue weighted by atomic mass is 35.5. The average molecular weight is 443 g/mol. The molecule has 0 atom stereocenters. The van der Waals surface area contributed by atoms with E-state index in [1.165, 1.54) is 6.07 Å². The van der Waals surface area contributed by atoms with Crippen molar-refractivity contribution in [3.63, 3.8) is 0 Å². The molecule has 31 heavy (non-hydrogen) atoms. The molecule has 9 heteroatoms. The molecule has 2 heterocycles. The minimum atomic E-state index is -0.467. The van der Waals surface area contributed by atoms with Gasteiger partial charge >= 0.3 is 5.97 Å². The number of pyridine rings is 1. The monoisotopic (exact) mass is 442 g/mol. The van der Waals surface area contributed by atoms with Gasteiger partial charge in [-0.05, 0) is 52.0 Å². The largest absolute Gasteiger partial charge is 0.462 e. The average Bonchev–Trinajstić information content (AvgIpc) is 3.20. The molecule has 0 fully saturated rings. The second-order valence-corrected chi connectivity index (χ2v) is 7.46. The molecule has 1 amide bonds. The zero-order chi connectivity index (χ0) is 22.5. The van der Waals surface area contributed by atoms with Crippen molar-refractivity contribution in [1.82, 2.24) is 20.1 Å². The van der Waals surface area contributed by atoms with E-state index in [9.17, 15) is 9.59 Å². The minimum absolute atomic E-state index is 0.105. The first-order valence-electron chi connectivity index (χ1n) is 9.84. The van der Waals surface area contributed by atoms with Crippen molar-refractivity contribution in [2.75, 3.05) is 6.61 Å². The van der Waals surface area contributed by atoms with Gasteiger partial charge in [-0.25, -0.2) is 9.78 Å². The summed E-state index contributed by atoms with van der Waals surface area (Å²) in [5, 5.41) is 8.60. The van der Waals surface area contributed by atoms with Crippen LogP contribution in [0.3, 0.4) is 0 Å². The fraction of sp³-hybridized carbons (Fsp3) is 0.318. The van der Waals surface area contributed by atoms with E-state index in [-0.39, 0.29) is 42.6 Å². The number of carbonyl (C=O) groups excluding carboxylic acids is 2. The number of benzene rings is 1. The van der Waals surface area contributed by atoms with Gasteiger partial charge in [-0.2, -0.15) is 0 Å². The number of aryl methyl sites for hydroxylation is 1. The first-order valence-corrected chi connectivity index (χ1v) is 10.2. The predicted molar refractivity (Wildman–Crippen MR) is 115 cm³/mol. The van der Waals surface area contributed by atoms with E-state index in [0.29, 0.717) is 21.8 Å². The Balaban J connectivity index is 1.81. The number of hydrogen-bond acceptors (Lipinski definition) is 7. The fourth-order valence-electron chi connectivity index (χ4n) is 2.95. The number of nitrogens with zero attached hydrogens (tertiary/aromatic N) is 4. The van der Waals surface area contributed by atoms with Crippen molar-refractivity contribution < 1.29 is 18.7 Å². The summed E-state index contributed by atoms with van der Waals surface area (Å²) in [5.41, 5.74) is 1.59. The fourth-order valence-corrected chi connectivity index (χ4v) is 3.16. The van der Waals surface area contributed by atoms with E-state index in [4.69, 9.17) is 20.8 Å². The second-order valence-electron chi connectivity index (χ2n) is 7.06. The maximum Gasteiger partial charge on any atom is 0.339 e. The maximum absolute atomic E-state index is 13.1. The summed E-state index contributed by atoms with van der Waals surface area (Å²) >= 11 is 6.19. The van der Waals surface area contributed by atoms with Crippen LogP contribution in [0.25, 0.3) is 11.5 Å². The summed E-state index contributed by atoms with van der Waals surface area (Å²) in [7, 11) is 0. The van der Waals surface area contributed by atoms with Crippen LogP contribution in [-0.2, 0) is 11.3 Å². The van der Waals surface area contributed by atoms with E-state index < -0.39 is 5.97 Å². The standard InChI is InChI=1S/C22H23ClN4O4/c1-5-30-22(29)15-10-11-18(24-14(15)4)21(28)27(13(2)3)12-19-25-26-20(31-19)16-8-6-7-9-17(16)23/h6-11,13H,5,12H2,1-4H3. The second kappa shape index (κ2) is 9.70. The van der Waals surface area contributed by atoms with Gasteiger partial charge in [0.1, 0.15) is 5.69 Å². The molecular weight excluding hydrogens is 420 g/mol. The van der Waals surface area contributed by atoms with Crippen LogP contribution < -0.4 is 0 Å². The van der Waals surface area contributed by atoms with Crippen molar-refractivity contribution in [2.45, 2.75) is 40.3 Å². The number of carbonyl (C=O) groups is 2. The van der Waals surface area contributed by atoms with Crippen LogP contribution >= 0.6 is 11.6 Å². The Kier molecular flexibility index (Phi) is 7.02. The normalized spacial score (nSPS) is 10.9. The predicted octanol–water partition coefficient (Wildman–Crippen LogP) is 4.32. The van der Waals surface area contributed by atoms with Crippen molar-refractivity contribution in [3.8, 4) is 11.5 Å². The number of halogens is 1. The smallest absolute Gasteiger partial charge is 0.339 e. The molecule has 0 saturated carbocycles. The number of ether oxygens (including phenoxy) is 1. The molecule has 0 aliphatic rings. The van der Waals surface area contributed by atoms with Gasteiger partial charge < -0.3 is 14.1 Å². The molecular formula is C22H23ClN4O4. The van der Waals surface area contributed by atoms with Crippen molar-refractivity contribution >= 4 is 23.5 Å². The SMILES string of the molecule is CCOC(=O)c1ccc(C(=O)N(Cc2nnc(-c3ccccc3Cl)o2)C(C)C)nc1C. The van der Waals surface area contributed by atoms with E-state index in [2.05, 4.69) is 15.2 Å². The molecule has 0 bridgehead atoms. The van der Waals surface area contributed by atoms with Crippen molar-refractivity contribution in [2.24, 2.45) is 0 Å². The third kappa shape index (κ3) is 5.08. The van der Waals surface area contributed by atoms with Crippen LogP contribution in [0.2, 0.25) is 5.02 Å². The Morgan fingerprint density at radius 3 is 2.55 bits per heavy atom. The van der Waals surface area contributed by atoms with E-state index >= 15 is 0 Å². The van der Waals surface area contributed by atoms with Crippen molar-refractivity contribution in [1.29, 1.82) is 0 Å². The van der Waals surface area contributed by atoms with Gasteiger partial charge in [0.25, 0.3) is 5.91 Å². The van der Waals surface area contributed by atoms with Gasteiger partial charge in [-0.3, -0.25) is 4.79 Å². The molecule has 0 aliphatic heterocycles. The number of esters is 1. The first-order chi connectivity index (χ1) is 14.8. The Bertz CT molecular complexity index is 1100. The topological polar surface area (TPSA) is 98.4 Å². The zero-order valence-electron chi connectivity index (χ0n) is 17.8. The van der Waals surface area contributed by atoms with Crippen molar-refractivity contribution in [3.05, 3.63) is 64.3 Å². The molecule has 1 aromatic carbocycles. The number of rotatable bonds is 7. The Labute approximate surface area is 185 Å². The van der Waals surface area contributed by atoms with E-state index in [1.807, 2.05) is 26.0 Å². The highest BCUT2D eigenvalue weighted by Crippen LogP contribution is 2.26. The van der Waals surface area contributed by atoms with Gasteiger partial charge in [-0.1, -0.05) is 23.7 Å². The molecule has 0 N–H and O–H groups in total. The molecule has 0 radical (unpaired) electrons. The van der Waals surface area contributed by atoms with Crippen LogP contribution in [0, 0.1) is 6.92 Å². The third-order valence-corrected chi connectivity index (χ3v) is 4.89. The quantitative estimate of drug-likeness (QED) is 0.502. The summed E-state index contributed by atoms with van der Waals surface area (Å²) < 4.78 is 10.7. The zero-order valence-corrected chi connectivity index (χ0v) is 18.5. The van der Waals surface area contributed by atoms with Gasteiger partial charge in [-0.15, -0.1) is 10.2 Å². The van der Waals surface area contributed by atoms with Gasteiger partial charge in [0.2, 0.25) is 11.8 Å². The molecule has 3 aromatic rings. The maximum atomic E-state index is 13.1.